The molecule has 1 spiro atoms. The number of imide groups is 1. The summed E-state index contributed by atoms with van der Waals surface area (Å²) >= 11 is 4.66. The predicted octanol–water partition coefficient (Wildman–Crippen LogP) is 3.67. The van der Waals surface area contributed by atoms with E-state index in [2.05, 4.69) is 15.9 Å². The van der Waals surface area contributed by atoms with E-state index in [1.807, 2.05) is 24.3 Å². The van der Waals surface area contributed by atoms with Crippen molar-refractivity contribution in [3.63, 3.8) is 0 Å². The van der Waals surface area contributed by atoms with Gasteiger partial charge in [-0.2, -0.15) is 0 Å². The SMILES string of the molecule is CCC(=O)N1C(=O)C2(SCC(=O)N2c2ccc(Br)cc2)c2ccccc21. The van der Waals surface area contributed by atoms with Crippen LogP contribution in [0, 0.1) is 0 Å². The minimum atomic E-state index is -1.23. The number of hydrogen-bond donors (Lipinski definition) is 0. The summed E-state index contributed by atoms with van der Waals surface area (Å²) in [7, 11) is 0. The van der Waals surface area contributed by atoms with Crippen LogP contribution in [0.25, 0.3) is 0 Å². The Bertz CT molecular complexity index is 931. The number of nitrogens with zero attached hydrogens (tertiary/aromatic N) is 2. The van der Waals surface area contributed by atoms with E-state index in [1.165, 1.54) is 21.6 Å². The Labute approximate surface area is 163 Å². The number of halogens is 1. The lowest BCUT2D eigenvalue weighted by Crippen LogP contribution is -2.50. The number of carbonyl (C=O) groups excluding carboxylic acids is 3. The van der Waals surface area contributed by atoms with E-state index in [0.29, 0.717) is 16.9 Å². The second kappa shape index (κ2) is 6.25. The van der Waals surface area contributed by atoms with Crippen molar-refractivity contribution < 1.29 is 14.4 Å². The molecule has 5 nitrogen and oxygen atoms in total. The maximum absolute atomic E-state index is 13.5. The summed E-state index contributed by atoms with van der Waals surface area (Å²) in [5.41, 5.74) is 1.89. The topological polar surface area (TPSA) is 57.7 Å². The largest absolute Gasteiger partial charge is 0.283 e. The first-order chi connectivity index (χ1) is 12.5. The summed E-state index contributed by atoms with van der Waals surface area (Å²) in [5.74, 6) is -0.602. The van der Waals surface area contributed by atoms with E-state index in [0.717, 1.165) is 4.47 Å². The average molecular weight is 431 g/mol. The van der Waals surface area contributed by atoms with Crippen molar-refractivity contribution in [1.82, 2.24) is 0 Å². The fourth-order valence-corrected chi connectivity index (χ4v) is 5.08. The highest BCUT2D eigenvalue weighted by Crippen LogP contribution is 2.55. The second-order valence-corrected chi connectivity index (χ2v) is 8.13. The zero-order valence-corrected chi connectivity index (χ0v) is 16.3. The van der Waals surface area contributed by atoms with Gasteiger partial charge in [0.05, 0.1) is 11.4 Å². The maximum atomic E-state index is 13.5. The number of amides is 3. The van der Waals surface area contributed by atoms with Gasteiger partial charge in [0.2, 0.25) is 16.7 Å². The molecule has 1 unspecified atom stereocenters. The number of anilines is 2. The van der Waals surface area contributed by atoms with Crippen LogP contribution >= 0.6 is 27.7 Å². The maximum Gasteiger partial charge on any atom is 0.275 e. The Hall–Kier alpha value is -2.12. The van der Waals surface area contributed by atoms with E-state index in [1.54, 1.807) is 31.2 Å². The number of carbonyl (C=O) groups is 3. The molecule has 0 N–H and O–H groups in total. The third-order valence-corrected chi connectivity index (χ3v) is 6.52. The van der Waals surface area contributed by atoms with Gasteiger partial charge in [0.25, 0.3) is 5.91 Å². The van der Waals surface area contributed by atoms with Crippen molar-refractivity contribution in [1.29, 1.82) is 0 Å². The molecule has 0 bridgehead atoms. The van der Waals surface area contributed by atoms with Crippen LogP contribution in [0.3, 0.4) is 0 Å². The highest BCUT2D eigenvalue weighted by Gasteiger charge is 2.61. The molecule has 0 aliphatic carbocycles. The molecule has 2 heterocycles. The van der Waals surface area contributed by atoms with Gasteiger partial charge >= 0.3 is 0 Å². The molecule has 0 saturated carbocycles. The van der Waals surface area contributed by atoms with E-state index in [9.17, 15) is 14.4 Å². The van der Waals surface area contributed by atoms with Crippen molar-refractivity contribution in [2.45, 2.75) is 18.2 Å². The Balaban J connectivity index is 1.94. The van der Waals surface area contributed by atoms with E-state index >= 15 is 0 Å². The predicted molar refractivity (Wildman–Crippen MR) is 105 cm³/mol. The molecule has 3 amide bonds. The lowest BCUT2D eigenvalue weighted by Gasteiger charge is -2.33. The van der Waals surface area contributed by atoms with E-state index < -0.39 is 4.87 Å². The van der Waals surface area contributed by atoms with Gasteiger partial charge in [0, 0.05) is 22.1 Å². The van der Waals surface area contributed by atoms with Crippen LogP contribution in [-0.4, -0.2) is 23.5 Å². The van der Waals surface area contributed by atoms with Crippen molar-refractivity contribution in [2.75, 3.05) is 15.6 Å². The van der Waals surface area contributed by atoms with Crippen molar-refractivity contribution in [3.05, 3.63) is 58.6 Å². The molecule has 0 aromatic heterocycles. The Morgan fingerprint density at radius 1 is 1.15 bits per heavy atom. The van der Waals surface area contributed by atoms with Crippen LogP contribution in [-0.2, 0) is 19.3 Å². The fraction of sp³-hybridized carbons (Fsp3) is 0.211. The number of benzene rings is 2. The number of hydrogen-bond acceptors (Lipinski definition) is 4. The summed E-state index contributed by atoms with van der Waals surface area (Å²) in [6.07, 6.45) is 0.215. The molecule has 1 saturated heterocycles. The summed E-state index contributed by atoms with van der Waals surface area (Å²) < 4.78 is 0.885. The molecule has 2 aromatic carbocycles. The van der Waals surface area contributed by atoms with Gasteiger partial charge < -0.3 is 0 Å². The standard InChI is InChI=1S/C19H15BrN2O3S/c1-2-16(23)21-15-6-4-3-5-14(15)19(18(21)25)22(17(24)11-26-19)13-9-7-12(20)8-10-13/h3-10H,2,11H2,1H3. The minimum absolute atomic E-state index is 0.147. The van der Waals surface area contributed by atoms with Crippen molar-refractivity contribution >= 4 is 56.8 Å². The lowest BCUT2D eigenvalue weighted by molar-refractivity contribution is -0.128. The van der Waals surface area contributed by atoms with Crippen LogP contribution < -0.4 is 9.80 Å². The molecule has 2 aliphatic rings. The van der Waals surface area contributed by atoms with E-state index in [-0.39, 0.29) is 29.9 Å². The molecule has 1 fully saturated rings. The first kappa shape index (κ1) is 17.3. The Morgan fingerprint density at radius 3 is 2.54 bits per heavy atom. The third kappa shape index (κ3) is 2.27. The molecule has 132 valence electrons. The van der Waals surface area contributed by atoms with E-state index in [4.69, 9.17) is 0 Å². The van der Waals surface area contributed by atoms with Gasteiger partial charge in [-0.3, -0.25) is 19.3 Å². The smallest absolute Gasteiger partial charge is 0.275 e. The van der Waals surface area contributed by atoms with Gasteiger partial charge in [-0.25, -0.2) is 4.90 Å². The Kier molecular flexibility index (Phi) is 4.16. The highest BCUT2D eigenvalue weighted by molar-refractivity contribution is 9.10. The molecule has 4 rings (SSSR count). The fourth-order valence-electron chi connectivity index (χ4n) is 3.48. The van der Waals surface area contributed by atoms with Crippen LogP contribution in [0.1, 0.15) is 18.9 Å². The van der Waals surface area contributed by atoms with Gasteiger partial charge in [0.15, 0.2) is 0 Å². The number of fused-ring (bicyclic) bond motifs is 2. The van der Waals surface area contributed by atoms with Crippen molar-refractivity contribution in [2.24, 2.45) is 0 Å². The summed E-state index contributed by atoms with van der Waals surface area (Å²) in [6.45, 7) is 1.72. The number of para-hydroxylation sites is 1. The number of rotatable bonds is 2. The molecule has 2 aliphatic heterocycles. The quantitative estimate of drug-likeness (QED) is 0.729. The highest BCUT2D eigenvalue weighted by atomic mass is 79.9. The summed E-state index contributed by atoms with van der Waals surface area (Å²) in [5, 5.41) is 0. The first-order valence-corrected chi connectivity index (χ1v) is 9.98. The number of thioether (sulfide) groups is 1. The molecule has 26 heavy (non-hydrogen) atoms. The molecule has 1 atom stereocenters. The molecule has 7 heteroatoms. The molecular formula is C19H15BrN2O3S. The monoisotopic (exact) mass is 430 g/mol. The average Bonchev–Trinajstić information content (AvgIpc) is 3.12. The molecule has 0 radical (unpaired) electrons. The zero-order valence-electron chi connectivity index (χ0n) is 13.9. The Morgan fingerprint density at radius 2 is 1.85 bits per heavy atom. The molecular weight excluding hydrogens is 416 g/mol. The van der Waals surface area contributed by atoms with Crippen LogP contribution in [0.5, 0.6) is 0 Å². The minimum Gasteiger partial charge on any atom is -0.283 e. The van der Waals surface area contributed by atoms with Gasteiger partial charge in [-0.05, 0) is 30.3 Å². The second-order valence-electron chi connectivity index (χ2n) is 6.04. The van der Waals surface area contributed by atoms with Gasteiger partial charge in [0.1, 0.15) is 0 Å². The van der Waals surface area contributed by atoms with Crippen molar-refractivity contribution in [3.8, 4) is 0 Å². The third-order valence-electron chi connectivity index (χ3n) is 4.61. The normalized spacial score (nSPS) is 21.6. The van der Waals surface area contributed by atoms with Crippen LogP contribution in [0.2, 0.25) is 0 Å². The summed E-state index contributed by atoms with van der Waals surface area (Å²) in [6, 6.07) is 14.5. The van der Waals surface area contributed by atoms with Crippen LogP contribution in [0.15, 0.2) is 53.0 Å². The van der Waals surface area contributed by atoms with Gasteiger partial charge in [-0.1, -0.05) is 41.1 Å². The van der Waals surface area contributed by atoms with Crippen LogP contribution in [0.4, 0.5) is 11.4 Å². The summed E-state index contributed by atoms with van der Waals surface area (Å²) in [4.78, 5) is 40.2. The first-order valence-electron chi connectivity index (χ1n) is 8.20. The zero-order chi connectivity index (χ0) is 18.5. The lowest BCUT2D eigenvalue weighted by atomic mass is 10.0. The molecule has 2 aromatic rings. The van der Waals surface area contributed by atoms with Gasteiger partial charge in [-0.15, -0.1) is 11.8 Å².